The first-order valence-corrected chi connectivity index (χ1v) is 9.50. The molecular weight excluding hydrogens is 358 g/mol. The van der Waals surface area contributed by atoms with E-state index in [1.54, 1.807) is 6.08 Å². The molecule has 1 N–H and O–H groups in total. The molecule has 0 radical (unpaired) electrons. The summed E-state index contributed by atoms with van der Waals surface area (Å²) in [5.41, 5.74) is 4.76. The van der Waals surface area contributed by atoms with Crippen molar-refractivity contribution >= 4 is 12.0 Å². The van der Waals surface area contributed by atoms with Gasteiger partial charge >= 0.3 is 0 Å². The quantitative estimate of drug-likeness (QED) is 0.486. The van der Waals surface area contributed by atoms with Crippen LogP contribution in [0.4, 0.5) is 0 Å². The van der Waals surface area contributed by atoms with E-state index in [1.165, 1.54) is 0 Å². The van der Waals surface area contributed by atoms with Gasteiger partial charge < -0.3 is 5.32 Å². The van der Waals surface area contributed by atoms with Gasteiger partial charge in [0.15, 0.2) is 0 Å². The number of para-hydroxylation sites is 1. The molecule has 0 spiro atoms. The number of benzene rings is 3. The second-order valence-electron chi connectivity index (χ2n) is 6.62. The van der Waals surface area contributed by atoms with E-state index in [-0.39, 0.29) is 5.91 Å². The average molecular weight is 379 g/mol. The third kappa shape index (κ3) is 4.68. The van der Waals surface area contributed by atoms with Gasteiger partial charge in [-0.2, -0.15) is 5.10 Å². The van der Waals surface area contributed by atoms with Crippen molar-refractivity contribution < 1.29 is 4.79 Å². The van der Waals surface area contributed by atoms with E-state index in [1.807, 2.05) is 108 Å². The van der Waals surface area contributed by atoms with Gasteiger partial charge in [-0.15, -0.1) is 0 Å². The summed E-state index contributed by atoms with van der Waals surface area (Å²) < 4.78 is 1.84. The fourth-order valence-electron chi connectivity index (χ4n) is 3.05. The first-order chi connectivity index (χ1) is 14.3. The van der Waals surface area contributed by atoms with Gasteiger partial charge in [-0.25, -0.2) is 4.68 Å². The molecule has 4 rings (SSSR count). The summed E-state index contributed by atoms with van der Waals surface area (Å²) in [6.45, 7) is 0.499. The molecule has 4 nitrogen and oxygen atoms in total. The Bertz CT molecular complexity index is 1100. The molecule has 142 valence electrons. The molecule has 4 heteroatoms. The van der Waals surface area contributed by atoms with Crippen molar-refractivity contribution in [1.29, 1.82) is 0 Å². The number of hydrogen-bond acceptors (Lipinski definition) is 2. The van der Waals surface area contributed by atoms with Gasteiger partial charge in [-0.05, 0) is 23.8 Å². The van der Waals surface area contributed by atoms with Crippen molar-refractivity contribution in [2.75, 3.05) is 0 Å². The second-order valence-corrected chi connectivity index (χ2v) is 6.62. The average Bonchev–Trinajstić information content (AvgIpc) is 3.22. The summed E-state index contributed by atoms with van der Waals surface area (Å²) in [5.74, 6) is -0.139. The minimum atomic E-state index is -0.139. The highest BCUT2D eigenvalue weighted by molar-refractivity contribution is 5.92. The van der Waals surface area contributed by atoms with Crippen molar-refractivity contribution in [1.82, 2.24) is 15.1 Å². The van der Waals surface area contributed by atoms with Gasteiger partial charge in [0.05, 0.1) is 11.4 Å². The maximum Gasteiger partial charge on any atom is 0.244 e. The molecule has 0 saturated carbocycles. The van der Waals surface area contributed by atoms with E-state index < -0.39 is 0 Å². The molecule has 0 aliphatic heterocycles. The van der Waals surface area contributed by atoms with Crippen LogP contribution in [0.15, 0.2) is 103 Å². The number of carbonyl (C=O) groups excluding carboxylic acids is 1. The van der Waals surface area contributed by atoms with Crippen LogP contribution in [-0.4, -0.2) is 15.7 Å². The van der Waals surface area contributed by atoms with E-state index in [4.69, 9.17) is 5.10 Å². The smallest absolute Gasteiger partial charge is 0.244 e. The molecule has 1 aromatic heterocycles. The minimum Gasteiger partial charge on any atom is -0.348 e. The molecule has 0 aliphatic carbocycles. The summed E-state index contributed by atoms with van der Waals surface area (Å²) in [6, 6.07) is 29.8. The number of carbonyl (C=O) groups is 1. The Kier molecular flexibility index (Phi) is 5.63. The first-order valence-electron chi connectivity index (χ1n) is 9.50. The summed E-state index contributed by atoms with van der Waals surface area (Å²) in [5, 5.41) is 7.67. The predicted molar refractivity (Wildman–Crippen MR) is 116 cm³/mol. The molecule has 1 amide bonds. The zero-order chi connectivity index (χ0) is 19.9. The maximum atomic E-state index is 12.3. The molecule has 0 fully saturated rings. The van der Waals surface area contributed by atoms with E-state index in [0.29, 0.717) is 6.54 Å². The monoisotopic (exact) mass is 379 g/mol. The minimum absolute atomic E-state index is 0.139. The molecule has 0 bridgehead atoms. The summed E-state index contributed by atoms with van der Waals surface area (Å²) in [4.78, 5) is 12.3. The van der Waals surface area contributed by atoms with Crippen LogP contribution in [0, 0.1) is 0 Å². The fourth-order valence-corrected chi connectivity index (χ4v) is 3.05. The van der Waals surface area contributed by atoms with Crippen LogP contribution in [0.5, 0.6) is 0 Å². The molecule has 29 heavy (non-hydrogen) atoms. The van der Waals surface area contributed by atoms with Crippen molar-refractivity contribution in [2.45, 2.75) is 6.54 Å². The van der Waals surface area contributed by atoms with Gasteiger partial charge in [-0.3, -0.25) is 4.79 Å². The van der Waals surface area contributed by atoms with Gasteiger partial charge in [0.25, 0.3) is 0 Å². The second kappa shape index (κ2) is 8.85. The van der Waals surface area contributed by atoms with Crippen molar-refractivity contribution in [3.8, 4) is 16.9 Å². The van der Waals surface area contributed by atoms with Gasteiger partial charge in [0.1, 0.15) is 0 Å². The topological polar surface area (TPSA) is 46.9 Å². The largest absolute Gasteiger partial charge is 0.348 e. The normalized spacial score (nSPS) is 10.9. The van der Waals surface area contributed by atoms with E-state index in [2.05, 4.69) is 5.32 Å². The number of hydrogen-bond donors (Lipinski definition) is 1. The Morgan fingerprint density at radius 2 is 1.48 bits per heavy atom. The summed E-state index contributed by atoms with van der Waals surface area (Å²) >= 11 is 0. The van der Waals surface area contributed by atoms with Crippen LogP contribution in [0.1, 0.15) is 11.1 Å². The molecule has 0 aliphatic rings. The Balaban J connectivity index is 1.57. The lowest BCUT2D eigenvalue weighted by Crippen LogP contribution is -2.20. The zero-order valence-electron chi connectivity index (χ0n) is 15.9. The van der Waals surface area contributed by atoms with Crippen LogP contribution in [-0.2, 0) is 11.3 Å². The van der Waals surface area contributed by atoms with Gasteiger partial charge in [-0.1, -0.05) is 78.9 Å². The third-order valence-electron chi connectivity index (χ3n) is 4.53. The summed E-state index contributed by atoms with van der Waals surface area (Å²) in [6.07, 6.45) is 5.31. The van der Waals surface area contributed by atoms with Crippen LogP contribution < -0.4 is 5.32 Å². The zero-order valence-corrected chi connectivity index (χ0v) is 15.9. The van der Waals surface area contributed by atoms with Gasteiger partial charge in [0.2, 0.25) is 5.91 Å². The Labute approximate surface area is 170 Å². The lowest BCUT2D eigenvalue weighted by Gasteiger charge is -2.02. The number of nitrogens with zero attached hydrogens (tertiary/aromatic N) is 2. The third-order valence-corrected chi connectivity index (χ3v) is 4.53. The SMILES string of the molecule is O=C(/C=C/c1cn(-c2ccccc2)nc1-c1ccccc1)NCc1ccccc1. The summed E-state index contributed by atoms with van der Waals surface area (Å²) in [7, 11) is 0. The standard InChI is InChI=1S/C25H21N3O/c29-24(26-18-20-10-4-1-5-11-20)17-16-22-19-28(23-14-8-3-9-15-23)27-25(22)21-12-6-2-7-13-21/h1-17,19H,18H2,(H,26,29)/b17-16+. The number of amides is 1. The molecule has 0 atom stereocenters. The highest BCUT2D eigenvalue weighted by Gasteiger charge is 2.10. The number of rotatable bonds is 6. The number of aromatic nitrogens is 2. The predicted octanol–water partition coefficient (Wildman–Crippen LogP) is 4.87. The van der Waals surface area contributed by atoms with Crippen molar-refractivity contribution in [3.05, 3.63) is 114 Å². The highest BCUT2D eigenvalue weighted by atomic mass is 16.1. The highest BCUT2D eigenvalue weighted by Crippen LogP contribution is 2.24. The number of nitrogens with one attached hydrogen (secondary N) is 1. The molecule has 1 heterocycles. The Morgan fingerprint density at radius 3 is 2.17 bits per heavy atom. The van der Waals surface area contributed by atoms with Crippen molar-refractivity contribution in [3.63, 3.8) is 0 Å². The van der Waals surface area contributed by atoms with E-state index in [0.717, 1.165) is 28.1 Å². The molecular formula is C25H21N3O. The Hall–Kier alpha value is -3.92. The van der Waals surface area contributed by atoms with Crippen LogP contribution in [0.25, 0.3) is 23.0 Å². The molecule has 0 saturated heterocycles. The molecule has 4 aromatic rings. The van der Waals surface area contributed by atoms with Crippen LogP contribution >= 0.6 is 0 Å². The van der Waals surface area contributed by atoms with E-state index in [9.17, 15) is 4.79 Å². The van der Waals surface area contributed by atoms with Crippen LogP contribution in [0.3, 0.4) is 0 Å². The van der Waals surface area contributed by atoms with Crippen molar-refractivity contribution in [2.24, 2.45) is 0 Å². The van der Waals surface area contributed by atoms with Gasteiger partial charge in [0, 0.05) is 29.9 Å². The van der Waals surface area contributed by atoms with Crippen LogP contribution in [0.2, 0.25) is 0 Å². The maximum absolute atomic E-state index is 12.3. The lowest BCUT2D eigenvalue weighted by atomic mass is 10.1. The Morgan fingerprint density at radius 1 is 0.862 bits per heavy atom. The first kappa shape index (κ1) is 18.4. The molecule has 3 aromatic carbocycles. The van der Waals surface area contributed by atoms with E-state index >= 15 is 0 Å². The lowest BCUT2D eigenvalue weighted by molar-refractivity contribution is -0.116. The molecule has 0 unspecified atom stereocenters. The fraction of sp³-hybridized carbons (Fsp3) is 0.0400.